The Morgan fingerprint density at radius 2 is 1.96 bits per heavy atom. The summed E-state index contributed by atoms with van der Waals surface area (Å²) in [6.07, 6.45) is -0.357. The van der Waals surface area contributed by atoms with E-state index in [2.05, 4.69) is 10.0 Å². The molecule has 1 unspecified atom stereocenters. The second-order valence-electron chi connectivity index (χ2n) is 6.63. The van der Waals surface area contributed by atoms with Gasteiger partial charge < -0.3 is 25.4 Å². The molecule has 0 aliphatic carbocycles. The third kappa shape index (κ3) is 7.99. The molecular formula is C16H22N7NaO3. The van der Waals surface area contributed by atoms with Gasteiger partial charge in [-0.1, -0.05) is 11.2 Å². The van der Waals surface area contributed by atoms with Crippen molar-refractivity contribution in [1.29, 1.82) is 0 Å². The molecule has 0 N–H and O–H groups in total. The van der Waals surface area contributed by atoms with Crippen molar-refractivity contribution in [2.45, 2.75) is 38.8 Å². The third-order valence-electron chi connectivity index (χ3n) is 3.61. The van der Waals surface area contributed by atoms with Gasteiger partial charge >= 0.3 is 35.7 Å². The number of azide groups is 1. The van der Waals surface area contributed by atoms with E-state index in [1.54, 1.807) is 12.0 Å². The van der Waals surface area contributed by atoms with E-state index in [0.29, 0.717) is 13.1 Å². The van der Waals surface area contributed by atoms with Crippen LogP contribution in [0.3, 0.4) is 0 Å². The molecule has 1 aromatic carbocycles. The third-order valence-corrected chi connectivity index (χ3v) is 3.61. The first kappa shape index (κ1) is 24.9. The maximum atomic E-state index is 12.3. The number of rotatable bonds is 3. The van der Waals surface area contributed by atoms with E-state index in [9.17, 15) is 4.79 Å². The zero-order valence-corrected chi connectivity index (χ0v) is 18.3. The van der Waals surface area contributed by atoms with Crippen LogP contribution < -0.4 is 34.3 Å². The van der Waals surface area contributed by atoms with Gasteiger partial charge in [0, 0.05) is 30.5 Å². The second-order valence-corrected chi connectivity index (χ2v) is 6.63. The van der Waals surface area contributed by atoms with Gasteiger partial charge in [0.1, 0.15) is 11.4 Å². The first-order chi connectivity index (χ1) is 12.3. The van der Waals surface area contributed by atoms with Gasteiger partial charge in [-0.25, -0.2) is 4.79 Å². The minimum absolute atomic E-state index is 0. The van der Waals surface area contributed by atoms with Crippen molar-refractivity contribution in [2.75, 3.05) is 20.2 Å². The molecule has 1 aromatic rings. The Bertz CT molecular complexity index is 723. The summed E-state index contributed by atoms with van der Waals surface area (Å²) in [5, 5.41) is 3.68. The Balaban J connectivity index is 0.00000158. The van der Waals surface area contributed by atoms with Crippen LogP contribution in [0.25, 0.3) is 26.4 Å². The maximum Gasteiger partial charge on any atom is 1.00 e. The minimum atomic E-state index is -0.544. The van der Waals surface area contributed by atoms with E-state index in [1.165, 1.54) is 4.91 Å². The van der Waals surface area contributed by atoms with E-state index in [4.69, 9.17) is 26.1 Å². The van der Waals surface area contributed by atoms with Crippen LogP contribution in [-0.4, -0.2) is 36.8 Å². The van der Waals surface area contributed by atoms with Gasteiger partial charge in [0.25, 0.3) is 0 Å². The Hall–Kier alpha value is -2.09. The standard InChI is InChI=1S/C16H22N4O3.N3.Na/c1-16(2,3)23-15(21)20-9-11-5-6-13(22-4)7-14(11)12(10-20)8-18-19-17;1-3-2;/h5-7,12H,8-10H2,1-4H3;;/q;-1;+1. The smallest absolute Gasteiger partial charge is 0.497 e. The van der Waals surface area contributed by atoms with Crippen molar-refractivity contribution in [2.24, 2.45) is 5.11 Å². The molecule has 0 saturated heterocycles. The number of amides is 1. The summed E-state index contributed by atoms with van der Waals surface area (Å²) in [5.41, 5.74) is 23.6. The van der Waals surface area contributed by atoms with Crippen LogP contribution in [0.15, 0.2) is 23.3 Å². The van der Waals surface area contributed by atoms with Crippen molar-refractivity contribution >= 4 is 6.09 Å². The number of methoxy groups -OCH3 is 1. The normalized spacial score (nSPS) is 14.8. The molecule has 27 heavy (non-hydrogen) atoms. The summed E-state index contributed by atoms with van der Waals surface area (Å²) >= 11 is 0. The van der Waals surface area contributed by atoms with Crippen molar-refractivity contribution < 1.29 is 43.8 Å². The predicted octanol–water partition coefficient (Wildman–Crippen LogP) is 1.71. The topological polar surface area (TPSA) is 146 Å². The van der Waals surface area contributed by atoms with Crippen LogP contribution in [0, 0.1) is 0 Å². The molecule has 0 saturated carbocycles. The molecule has 0 aromatic heterocycles. The van der Waals surface area contributed by atoms with Gasteiger partial charge in [-0.2, -0.15) is 0 Å². The van der Waals surface area contributed by atoms with Gasteiger partial charge in [0.05, 0.1) is 7.11 Å². The van der Waals surface area contributed by atoms with E-state index >= 15 is 0 Å². The molecule has 11 heteroatoms. The minimum Gasteiger partial charge on any atom is -0.497 e. The van der Waals surface area contributed by atoms with E-state index in [0.717, 1.165) is 16.9 Å². The van der Waals surface area contributed by atoms with E-state index < -0.39 is 5.60 Å². The molecule has 0 radical (unpaired) electrons. The first-order valence-electron chi connectivity index (χ1n) is 7.89. The average Bonchev–Trinajstić information content (AvgIpc) is 2.58. The molecule has 1 atom stereocenters. The molecule has 0 fully saturated rings. The SMILES string of the molecule is COc1ccc2c(c1)C(CN=[N+]=[N-])CN(C(=O)OC(C)(C)C)C2.[N-]=[N+]=[N-].[Na+]. The summed E-state index contributed by atoms with van der Waals surface area (Å²) in [6, 6.07) is 5.75. The molecule has 140 valence electrons. The molecule has 1 aliphatic rings. The van der Waals surface area contributed by atoms with Gasteiger partial charge in [0.2, 0.25) is 0 Å². The molecule has 10 nitrogen and oxygen atoms in total. The molecule has 1 amide bonds. The van der Waals surface area contributed by atoms with Gasteiger partial charge in [-0.15, -0.1) is 0 Å². The number of nitrogens with zero attached hydrogens (tertiary/aromatic N) is 7. The van der Waals surface area contributed by atoms with Gasteiger partial charge in [0.15, 0.2) is 0 Å². The van der Waals surface area contributed by atoms with Crippen LogP contribution in [0.2, 0.25) is 0 Å². The molecule has 1 heterocycles. The molecule has 1 aliphatic heterocycles. The largest absolute Gasteiger partial charge is 1.00 e. The average molecular weight is 383 g/mol. The Labute approximate surface area is 180 Å². The van der Waals surface area contributed by atoms with E-state index in [1.807, 2.05) is 39.0 Å². The predicted molar refractivity (Wildman–Crippen MR) is 96.5 cm³/mol. The Kier molecular flexibility index (Phi) is 10.7. The maximum absolute atomic E-state index is 12.3. The zero-order chi connectivity index (χ0) is 19.7. The van der Waals surface area contributed by atoms with E-state index in [-0.39, 0.29) is 48.1 Å². The number of carbonyl (C=O) groups is 1. The first-order valence-corrected chi connectivity index (χ1v) is 7.89. The summed E-state index contributed by atoms with van der Waals surface area (Å²) in [5.74, 6) is 0.678. The fraction of sp³-hybridized carbons (Fsp3) is 0.562. The monoisotopic (exact) mass is 383 g/mol. The summed E-state index contributed by atoms with van der Waals surface area (Å²) in [6.45, 7) is 6.73. The Morgan fingerprint density at radius 1 is 1.33 bits per heavy atom. The van der Waals surface area contributed by atoms with Crippen molar-refractivity contribution in [3.8, 4) is 5.75 Å². The summed E-state index contributed by atoms with van der Waals surface area (Å²) in [7, 11) is 1.61. The van der Waals surface area contributed by atoms with Crippen LogP contribution in [0.4, 0.5) is 4.79 Å². The number of hydrogen-bond donors (Lipinski definition) is 0. The number of ether oxygens (including phenoxy) is 2. The number of carbonyl (C=O) groups excluding carboxylic acids is 1. The number of benzene rings is 1. The van der Waals surface area contributed by atoms with Gasteiger partial charge in [-0.3, -0.25) is 4.91 Å². The molecule has 0 spiro atoms. The summed E-state index contributed by atoms with van der Waals surface area (Å²) < 4.78 is 10.7. The van der Waals surface area contributed by atoms with Crippen LogP contribution in [-0.2, 0) is 11.3 Å². The quantitative estimate of drug-likeness (QED) is 0.339. The fourth-order valence-electron chi connectivity index (χ4n) is 2.62. The van der Waals surface area contributed by atoms with Crippen molar-refractivity contribution in [3.05, 3.63) is 55.7 Å². The molecule has 2 rings (SSSR count). The zero-order valence-electron chi connectivity index (χ0n) is 16.3. The van der Waals surface area contributed by atoms with Crippen LogP contribution in [0.5, 0.6) is 5.75 Å². The van der Waals surface area contributed by atoms with Crippen molar-refractivity contribution in [3.63, 3.8) is 0 Å². The van der Waals surface area contributed by atoms with Crippen molar-refractivity contribution in [1.82, 2.24) is 4.90 Å². The Morgan fingerprint density at radius 3 is 2.48 bits per heavy atom. The van der Waals surface area contributed by atoms with Crippen LogP contribution in [0.1, 0.15) is 37.8 Å². The summed E-state index contributed by atoms with van der Waals surface area (Å²) in [4.78, 5) is 18.3. The molecular weight excluding hydrogens is 361 g/mol. The van der Waals surface area contributed by atoms with Gasteiger partial charge in [-0.05, 0) is 49.6 Å². The second kappa shape index (κ2) is 11.6. The fourth-order valence-corrected chi connectivity index (χ4v) is 2.62. The van der Waals surface area contributed by atoms with Crippen LogP contribution >= 0.6 is 0 Å². The molecule has 0 bridgehead atoms. The number of fused-ring (bicyclic) bond motifs is 1. The number of hydrogen-bond acceptors (Lipinski definition) is 4.